The Bertz CT molecular complexity index is 760. The Kier molecular flexibility index (Phi) is 7.11. The van der Waals surface area contributed by atoms with Crippen LogP contribution in [0.15, 0.2) is 48.5 Å². The predicted molar refractivity (Wildman–Crippen MR) is 109 cm³/mol. The third kappa shape index (κ3) is 6.77. The maximum Gasteiger partial charge on any atom is 0.410 e. The fraction of sp³-hybridized carbons (Fsp3) is 0.381. The number of aliphatic hydroxyl groups excluding tert-OH is 1. The number of nitrogens with two attached hydrogens (primary N) is 1. The van der Waals surface area contributed by atoms with Crippen molar-refractivity contribution in [2.24, 2.45) is 0 Å². The molecule has 0 saturated heterocycles. The smallest absolute Gasteiger partial charge is 0.410 e. The zero-order valence-electron chi connectivity index (χ0n) is 16.0. The fourth-order valence-electron chi connectivity index (χ4n) is 2.56. The first-order valence-corrected chi connectivity index (χ1v) is 9.28. The third-order valence-electron chi connectivity index (χ3n) is 3.97. The Balaban J connectivity index is 2.12. The van der Waals surface area contributed by atoms with Crippen molar-refractivity contribution in [2.45, 2.75) is 38.9 Å². The minimum atomic E-state index is -0.897. The summed E-state index contributed by atoms with van der Waals surface area (Å²) in [6.07, 6.45) is -0.694. The molecular formula is C21H27ClN2O3. The van der Waals surface area contributed by atoms with Gasteiger partial charge in [-0.2, -0.15) is 0 Å². The van der Waals surface area contributed by atoms with Gasteiger partial charge in [-0.05, 0) is 50.5 Å². The van der Waals surface area contributed by atoms with Gasteiger partial charge in [0.1, 0.15) is 5.60 Å². The second kappa shape index (κ2) is 9.11. The molecule has 0 aliphatic carbocycles. The van der Waals surface area contributed by atoms with Crippen LogP contribution in [0, 0.1) is 0 Å². The van der Waals surface area contributed by atoms with Crippen molar-refractivity contribution < 1.29 is 14.6 Å². The van der Waals surface area contributed by atoms with E-state index in [2.05, 4.69) is 0 Å². The Hall–Kier alpha value is -2.24. The van der Waals surface area contributed by atoms with E-state index < -0.39 is 17.8 Å². The van der Waals surface area contributed by atoms with Gasteiger partial charge in [0.05, 0.1) is 23.4 Å². The van der Waals surface area contributed by atoms with E-state index in [-0.39, 0.29) is 6.54 Å². The maximum absolute atomic E-state index is 12.6. The largest absolute Gasteiger partial charge is 0.444 e. The third-order valence-corrected chi connectivity index (χ3v) is 4.29. The van der Waals surface area contributed by atoms with Crippen molar-refractivity contribution in [3.05, 3.63) is 64.7 Å². The lowest BCUT2D eigenvalue weighted by molar-refractivity contribution is 0.0147. The van der Waals surface area contributed by atoms with Crippen LogP contribution in [0.2, 0.25) is 5.02 Å². The number of aliphatic hydroxyl groups is 1. The summed E-state index contributed by atoms with van der Waals surface area (Å²) in [5.74, 6) is 0. The van der Waals surface area contributed by atoms with E-state index in [0.717, 1.165) is 5.56 Å². The predicted octanol–water partition coefficient (Wildman–Crippen LogP) is 4.44. The van der Waals surface area contributed by atoms with Gasteiger partial charge in [0, 0.05) is 6.54 Å². The highest BCUT2D eigenvalue weighted by molar-refractivity contribution is 6.33. The summed E-state index contributed by atoms with van der Waals surface area (Å²) in [5, 5.41) is 11.0. The molecule has 146 valence electrons. The van der Waals surface area contributed by atoms with Gasteiger partial charge in [0.15, 0.2) is 0 Å². The van der Waals surface area contributed by atoms with Gasteiger partial charge in [0.25, 0.3) is 0 Å². The first-order chi connectivity index (χ1) is 12.7. The van der Waals surface area contributed by atoms with E-state index in [0.29, 0.717) is 29.2 Å². The molecule has 0 bridgehead atoms. The van der Waals surface area contributed by atoms with Crippen molar-refractivity contribution in [1.29, 1.82) is 0 Å². The molecule has 0 aromatic heterocycles. The second-order valence-corrected chi connectivity index (χ2v) is 7.87. The second-order valence-electron chi connectivity index (χ2n) is 7.46. The van der Waals surface area contributed by atoms with E-state index in [4.69, 9.17) is 22.1 Å². The molecule has 0 unspecified atom stereocenters. The minimum absolute atomic E-state index is 0.0992. The molecule has 3 N–H and O–H groups in total. The van der Waals surface area contributed by atoms with Crippen LogP contribution >= 0.6 is 11.6 Å². The summed E-state index contributed by atoms with van der Waals surface area (Å²) < 4.78 is 5.50. The molecule has 0 radical (unpaired) electrons. The van der Waals surface area contributed by atoms with Crippen molar-refractivity contribution in [3.63, 3.8) is 0 Å². The van der Waals surface area contributed by atoms with E-state index in [1.165, 1.54) is 4.90 Å². The first-order valence-electron chi connectivity index (χ1n) is 8.90. The van der Waals surface area contributed by atoms with Gasteiger partial charge in [-0.3, -0.25) is 0 Å². The Labute approximate surface area is 165 Å². The summed E-state index contributed by atoms with van der Waals surface area (Å²) in [5.41, 5.74) is 7.26. The number of rotatable bonds is 6. The number of amides is 1. The SMILES string of the molecule is CC(C)(C)OC(=O)N(CCc1ccccc1)C[C@H](O)c1ccc(N)c(Cl)c1. The summed E-state index contributed by atoms with van der Waals surface area (Å²) >= 11 is 6.04. The zero-order valence-corrected chi connectivity index (χ0v) is 16.7. The highest BCUT2D eigenvalue weighted by atomic mass is 35.5. The molecule has 0 heterocycles. The molecule has 2 aromatic rings. The molecule has 27 heavy (non-hydrogen) atoms. The molecule has 6 heteroatoms. The number of nitrogens with zero attached hydrogens (tertiary/aromatic N) is 1. The molecule has 1 atom stereocenters. The van der Waals surface area contributed by atoms with Crippen LogP contribution < -0.4 is 5.73 Å². The number of hydrogen-bond acceptors (Lipinski definition) is 4. The average molecular weight is 391 g/mol. The lowest BCUT2D eigenvalue weighted by atomic mass is 10.1. The van der Waals surface area contributed by atoms with Crippen LogP contribution in [0.1, 0.15) is 38.0 Å². The van der Waals surface area contributed by atoms with Gasteiger partial charge in [-0.1, -0.05) is 48.0 Å². The van der Waals surface area contributed by atoms with Gasteiger partial charge in [-0.15, -0.1) is 0 Å². The van der Waals surface area contributed by atoms with Gasteiger partial charge >= 0.3 is 6.09 Å². The summed E-state index contributed by atoms with van der Waals surface area (Å²) in [6, 6.07) is 14.8. The quantitative estimate of drug-likeness (QED) is 0.715. The number of halogens is 1. The molecule has 2 rings (SSSR count). The molecule has 0 spiro atoms. The monoisotopic (exact) mass is 390 g/mol. The van der Waals surface area contributed by atoms with Crippen molar-refractivity contribution in [1.82, 2.24) is 4.90 Å². The first kappa shape index (κ1) is 21.1. The topological polar surface area (TPSA) is 75.8 Å². The number of carbonyl (C=O) groups excluding carboxylic acids is 1. The van der Waals surface area contributed by atoms with Crippen LogP contribution in [0.4, 0.5) is 10.5 Å². The van der Waals surface area contributed by atoms with Crippen LogP contribution in [0.3, 0.4) is 0 Å². The van der Waals surface area contributed by atoms with Crippen LogP contribution in [0.5, 0.6) is 0 Å². The fourth-order valence-corrected chi connectivity index (χ4v) is 2.75. The number of nitrogen functional groups attached to an aromatic ring is 1. The van der Waals surface area contributed by atoms with Gasteiger partial charge < -0.3 is 20.5 Å². The lowest BCUT2D eigenvalue weighted by Crippen LogP contribution is -2.40. The number of carbonyl (C=O) groups is 1. The molecular weight excluding hydrogens is 364 g/mol. The van der Waals surface area contributed by atoms with E-state index in [1.54, 1.807) is 18.2 Å². The van der Waals surface area contributed by atoms with Crippen LogP contribution in [-0.4, -0.2) is 34.8 Å². The van der Waals surface area contributed by atoms with E-state index in [1.807, 2.05) is 51.1 Å². The lowest BCUT2D eigenvalue weighted by Gasteiger charge is -2.29. The molecule has 0 saturated carbocycles. The highest BCUT2D eigenvalue weighted by Crippen LogP contribution is 2.24. The Morgan fingerprint density at radius 3 is 2.48 bits per heavy atom. The normalized spacial score (nSPS) is 12.5. The number of anilines is 1. The molecule has 0 aliphatic rings. The molecule has 1 amide bonds. The van der Waals surface area contributed by atoms with Crippen molar-refractivity contribution >= 4 is 23.4 Å². The Morgan fingerprint density at radius 2 is 1.89 bits per heavy atom. The molecule has 0 aliphatic heterocycles. The van der Waals surface area contributed by atoms with Gasteiger partial charge in [0.2, 0.25) is 0 Å². The average Bonchev–Trinajstić information content (AvgIpc) is 2.60. The standard InChI is InChI=1S/C21H27ClN2O3/c1-21(2,3)27-20(26)24(12-11-15-7-5-4-6-8-15)14-19(25)16-9-10-18(23)17(22)13-16/h4-10,13,19,25H,11-12,14,23H2,1-3H3/t19-/m0/s1. The van der Waals surface area contributed by atoms with Gasteiger partial charge in [-0.25, -0.2) is 4.79 Å². The minimum Gasteiger partial charge on any atom is -0.444 e. The van der Waals surface area contributed by atoms with Crippen molar-refractivity contribution in [3.8, 4) is 0 Å². The summed E-state index contributed by atoms with van der Waals surface area (Å²) in [7, 11) is 0. The van der Waals surface area contributed by atoms with Crippen LogP contribution in [0.25, 0.3) is 0 Å². The van der Waals surface area contributed by atoms with Crippen molar-refractivity contribution in [2.75, 3.05) is 18.8 Å². The van der Waals surface area contributed by atoms with Crippen LogP contribution in [-0.2, 0) is 11.2 Å². The van der Waals surface area contributed by atoms with E-state index >= 15 is 0 Å². The van der Waals surface area contributed by atoms with E-state index in [9.17, 15) is 9.90 Å². The zero-order chi connectivity index (χ0) is 20.0. The Morgan fingerprint density at radius 1 is 1.22 bits per heavy atom. The maximum atomic E-state index is 12.6. The summed E-state index contributed by atoms with van der Waals surface area (Å²) in [4.78, 5) is 14.1. The number of hydrogen-bond donors (Lipinski definition) is 2. The number of ether oxygens (including phenoxy) is 1. The number of benzene rings is 2. The molecule has 5 nitrogen and oxygen atoms in total. The molecule has 2 aromatic carbocycles. The summed E-state index contributed by atoms with van der Waals surface area (Å²) in [6.45, 7) is 5.98. The molecule has 0 fully saturated rings. The highest BCUT2D eigenvalue weighted by Gasteiger charge is 2.24.